The number of imidazole rings is 1. The van der Waals surface area contributed by atoms with Gasteiger partial charge in [0, 0.05) is 36.0 Å². The SMILES string of the molecule is C[C@@]12CC[C@@](C)(N1)[C@@H](F)[C@@H](Oc1cnc(-c3ccc(-n4ccnc4)cc3O)cn1)C2. The Bertz CT molecular complexity index is 1060. The average molecular weight is 409 g/mol. The monoisotopic (exact) mass is 409 g/mol. The lowest BCUT2D eigenvalue weighted by Gasteiger charge is -2.43. The van der Waals surface area contributed by atoms with E-state index in [2.05, 4.69) is 27.2 Å². The van der Waals surface area contributed by atoms with Crippen molar-refractivity contribution in [1.29, 1.82) is 0 Å². The van der Waals surface area contributed by atoms with E-state index in [1.54, 1.807) is 35.4 Å². The van der Waals surface area contributed by atoms with Crippen LogP contribution >= 0.6 is 0 Å². The highest BCUT2D eigenvalue weighted by Crippen LogP contribution is 2.44. The van der Waals surface area contributed by atoms with Crippen molar-refractivity contribution >= 4 is 0 Å². The molecule has 0 aliphatic carbocycles. The number of nitrogens with zero attached hydrogens (tertiary/aromatic N) is 4. The van der Waals surface area contributed by atoms with E-state index in [1.807, 2.05) is 13.0 Å². The van der Waals surface area contributed by atoms with Gasteiger partial charge in [-0.3, -0.25) is 0 Å². The van der Waals surface area contributed by atoms with Crippen LogP contribution in [0.3, 0.4) is 0 Å². The molecule has 8 heteroatoms. The predicted octanol–water partition coefficient (Wildman–Crippen LogP) is 3.42. The number of rotatable bonds is 4. The largest absolute Gasteiger partial charge is 0.507 e. The van der Waals surface area contributed by atoms with Gasteiger partial charge in [-0.15, -0.1) is 0 Å². The Hall–Kier alpha value is -3.00. The number of halogens is 1. The first kappa shape index (κ1) is 19.0. The average Bonchev–Trinajstić information content (AvgIpc) is 3.34. The van der Waals surface area contributed by atoms with Gasteiger partial charge in [-0.25, -0.2) is 19.3 Å². The van der Waals surface area contributed by atoms with Gasteiger partial charge in [0.05, 0.1) is 35.6 Å². The zero-order valence-corrected chi connectivity index (χ0v) is 16.9. The second-order valence-corrected chi connectivity index (χ2v) is 8.78. The summed E-state index contributed by atoms with van der Waals surface area (Å²) in [5.74, 6) is 0.373. The Kier molecular flexibility index (Phi) is 4.28. The molecule has 7 nitrogen and oxygen atoms in total. The lowest BCUT2D eigenvalue weighted by molar-refractivity contribution is -0.00927. The molecule has 156 valence electrons. The number of aromatic hydroxyl groups is 1. The smallest absolute Gasteiger partial charge is 0.232 e. The lowest BCUT2D eigenvalue weighted by atomic mass is 9.85. The minimum absolute atomic E-state index is 0.0868. The number of ether oxygens (including phenoxy) is 1. The molecule has 2 aliphatic heterocycles. The fraction of sp³-hybridized carbons (Fsp3) is 0.409. The number of piperidine rings is 1. The number of aromatic nitrogens is 4. The van der Waals surface area contributed by atoms with E-state index >= 15 is 4.39 Å². The van der Waals surface area contributed by atoms with Gasteiger partial charge in [0.15, 0.2) is 6.17 Å². The van der Waals surface area contributed by atoms with Crippen molar-refractivity contribution in [1.82, 2.24) is 24.8 Å². The molecule has 2 fully saturated rings. The molecule has 2 bridgehead atoms. The molecular formula is C22H24FN5O2. The fourth-order valence-corrected chi connectivity index (χ4v) is 4.75. The molecule has 0 unspecified atom stereocenters. The molecule has 5 rings (SSSR count). The summed E-state index contributed by atoms with van der Waals surface area (Å²) < 4.78 is 22.8. The normalized spacial score (nSPS) is 30.4. The van der Waals surface area contributed by atoms with Crippen LogP contribution in [0, 0.1) is 0 Å². The highest BCUT2D eigenvalue weighted by Gasteiger charge is 2.56. The zero-order valence-electron chi connectivity index (χ0n) is 16.9. The lowest BCUT2D eigenvalue weighted by Crippen LogP contribution is -2.63. The van der Waals surface area contributed by atoms with Crippen molar-refractivity contribution in [3.63, 3.8) is 0 Å². The summed E-state index contributed by atoms with van der Waals surface area (Å²) in [5.41, 5.74) is 1.18. The van der Waals surface area contributed by atoms with E-state index in [1.165, 1.54) is 12.4 Å². The molecule has 0 amide bonds. The maximum Gasteiger partial charge on any atom is 0.232 e. The summed E-state index contributed by atoms with van der Waals surface area (Å²) in [6.07, 6.45) is 8.79. The van der Waals surface area contributed by atoms with Gasteiger partial charge in [-0.05, 0) is 38.8 Å². The van der Waals surface area contributed by atoms with Crippen LogP contribution < -0.4 is 10.1 Å². The number of alkyl halides is 1. The molecule has 0 saturated carbocycles. The van der Waals surface area contributed by atoms with Crippen LogP contribution in [0.25, 0.3) is 16.9 Å². The van der Waals surface area contributed by atoms with Crippen molar-refractivity contribution in [3.8, 4) is 28.6 Å². The Balaban J connectivity index is 1.34. The molecule has 2 aromatic heterocycles. The minimum Gasteiger partial charge on any atom is -0.507 e. The Morgan fingerprint density at radius 3 is 2.80 bits per heavy atom. The molecule has 3 aromatic rings. The molecular weight excluding hydrogens is 385 g/mol. The maximum absolute atomic E-state index is 15.1. The summed E-state index contributed by atoms with van der Waals surface area (Å²) in [7, 11) is 0. The van der Waals surface area contributed by atoms with Gasteiger partial charge in [0.1, 0.15) is 11.9 Å². The zero-order chi connectivity index (χ0) is 20.9. The van der Waals surface area contributed by atoms with E-state index in [-0.39, 0.29) is 17.2 Å². The fourth-order valence-electron chi connectivity index (χ4n) is 4.75. The van der Waals surface area contributed by atoms with E-state index in [0.29, 0.717) is 17.7 Å². The first-order valence-corrected chi connectivity index (χ1v) is 10.1. The molecule has 0 radical (unpaired) electrons. The molecule has 2 aliphatic rings. The van der Waals surface area contributed by atoms with E-state index in [0.717, 1.165) is 18.5 Å². The number of fused-ring (bicyclic) bond motifs is 2. The van der Waals surface area contributed by atoms with Gasteiger partial charge in [0.25, 0.3) is 0 Å². The van der Waals surface area contributed by atoms with E-state index in [9.17, 15) is 5.11 Å². The first-order valence-electron chi connectivity index (χ1n) is 10.1. The van der Waals surface area contributed by atoms with Crippen molar-refractivity contribution in [2.45, 2.75) is 56.5 Å². The van der Waals surface area contributed by atoms with Crippen LogP contribution in [0.1, 0.15) is 33.1 Å². The Morgan fingerprint density at radius 1 is 1.23 bits per heavy atom. The molecule has 0 spiro atoms. The highest BCUT2D eigenvalue weighted by atomic mass is 19.1. The third kappa shape index (κ3) is 3.21. The van der Waals surface area contributed by atoms with Crippen molar-refractivity contribution in [2.75, 3.05) is 0 Å². The maximum atomic E-state index is 15.1. The summed E-state index contributed by atoms with van der Waals surface area (Å²) >= 11 is 0. The molecule has 1 aromatic carbocycles. The topological polar surface area (TPSA) is 85.1 Å². The van der Waals surface area contributed by atoms with Crippen molar-refractivity contribution in [2.24, 2.45) is 0 Å². The van der Waals surface area contributed by atoms with Gasteiger partial charge < -0.3 is 19.7 Å². The Labute approximate surface area is 174 Å². The summed E-state index contributed by atoms with van der Waals surface area (Å²) in [6, 6.07) is 5.28. The van der Waals surface area contributed by atoms with Crippen LogP contribution in [0.5, 0.6) is 11.6 Å². The molecule has 30 heavy (non-hydrogen) atoms. The number of benzene rings is 1. The van der Waals surface area contributed by atoms with E-state index in [4.69, 9.17) is 4.74 Å². The van der Waals surface area contributed by atoms with Crippen LogP contribution in [0.4, 0.5) is 4.39 Å². The summed E-state index contributed by atoms with van der Waals surface area (Å²) in [6.45, 7) is 4.04. The number of hydrogen-bond acceptors (Lipinski definition) is 6. The number of hydrogen-bond donors (Lipinski definition) is 2. The minimum atomic E-state index is -1.12. The van der Waals surface area contributed by atoms with Crippen molar-refractivity contribution < 1.29 is 14.2 Å². The van der Waals surface area contributed by atoms with Crippen LogP contribution in [0.2, 0.25) is 0 Å². The van der Waals surface area contributed by atoms with Gasteiger partial charge in [-0.2, -0.15) is 0 Å². The van der Waals surface area contributed by atoms with Gasteiger partial charge in [0.2, 0.25) is 5.88 Å². The summed E-state index contributed by atoms with van der Waals surface area (Å²) in [5, 5.41) is 13.9. The van der Waals surface area contributed by atoms with Gasteiger partial charge >= 0.3 is 0 Å². The number of nitrogens with one attached hydrogen (secondary N) is 1. The van der Waals surface area contributed by atoms with Crippen LogP contribution in [-0.4, -0.2) is 48.0 Å². The van der Waals surface area contributed by atoms with Crippen LogP contribution in [-0.2, 0) is 0 Å². The second-order valence-electron chi connectivity index (χ2n) is 8.78. The highest BCUT2D eigenvalue weighted by molar-refractivity contribution is 5.68. The molecule has 2 N–H and O–H groups in total. The Morgan fingerprint density at radius 2 is 2.10 bits per heavy atom. The third-order valence-electron chi connectivity index (χ3n) is 6.33. The first-order chi connectivity index (χ1) is 14.4. The standard InChI is InChI=1S/C22H24FN5O2/c1-21-5-6-22(2,27-21)20(23)18(10-21)30-19-12-25-16(11-26-19)15-4-3-14(9-17(15)29)28-8-7-24-13-28/h3-4,7-9,11-13,18,20,27,29H,5-6,10H2,1-2H3/t18-,20-,21-,22+/m0/s1. The summed E-state index contributed by atoms with van der Waals surface area (Å²) in [4.78, 5) is 12.7. The van der Waals surface area contributed by atoms with Gasteiger partial charge in [-0.1, -0.05) is 0 Å². The quantitative estimate of drug-likeness (QED) is 0.687. The van der Waals surface area contributed by atoms with Crippen molar-refractivity contribution in [3.05, 3.63) is 49.3 Å². The number of phenolic OH excluding ortho intramolecular Hbond substituents is 1. The third-order valence-corrected chi connectivity index (χ3v) is 6.33. The number of phenols is 1. The molecule has 2 saturated heterocycles. The molecule has 4 heterocycles. The second kappa shape index (κ2) is 6.77. The molecule has 4 atom stereocenters. The predicted molar refractivity (Wildman–Crippen MR) is 109 cm³/mol. The van der Waals surface area contributed by atoms with E-state index < -0.39 is 17.8 Å². The van der Waals surface area contributed by atoms with Crippen LogP contribution in [0.15, 0.2) is 49.3 Å².